The van der Waals surface area contributed by atoms with Gasteiger partial charge in [-0.3, -0.25) is 9.36 Å². The van der Waals surface area contributed by atoms with Gasteiger partial charge in [-0.05, 0) is 56.0 Å². The minimum absolute atomic E-state index is 0.00730. The summed E-state index contributed by atoms with van der Waals surface area (Å²) >= 11 is 0. The maximum Gasteiger partial charge on any atom is 0.405 e. The number of nitrogens with one attached hydrogen (secondary N) is 2. The molecule has 1 aliphatic carbocycles. The number of amides is 1. The van der Waals surface area contributed by atoms with Crippen molar-refractivity contribution in [3.05, 3.63) is 102 Å². The standard InChI is InChI=1S/C33H27N5O3/c1-20(39)21-9-11-22(12-10-21)28-29(23-13-15-24(16-14-23)33(17-5-18-33)37-32(40)41)38-27-8-4-19-34-30(27)35-26-7-3-2-6-25(26)31(38)36-28/h2-4,6-16,19,37H,5,17-18H2,1H3,(H,34,35)(H,40,41). The molecule has 0 atom stereocenters. The van der Waals surface area contributed by atoms with Crippen molar-refractivity contribution in [1.29, 1.82) is 0 Å². The summed E-state index contributed by atoms with van der Waals surface area (Å²) in [7, 11) is 0. The van der Waals surface area contributed by atoms with E-state index in [0.29, 0.717) is 11.4 Å². The topological polar surface area (TPSA) is 109 Å². The number of imidazole rings is 1. The number of pyridine rings is 1. The van der Waals surface area contributed by atoms with Gasteiger partial charge in [0.15, 0.2) is 11.6 Å². The average molecular weight is 542 g/mol. The van der Waals surface area contributed by atoms with Crippen molar-refractivity contribution in [3.8, 4) is 39.6 Å². The van der Waals surface area contributed by atoms with Crippen LogP contribution < -0.4 is 10.6 Å². The molecular formula is C33H27N5O3. The van der Waals surface area contributed by atoms with Gasteiger partial charge in [0.05, 0.1) is 28.3 Å². The van der Waals surface area contributed by atoms with Crippen molar-refractivity contribution in [2.75, 3.05) is 5.32 Å². The number of ketones is 1. The molecule has 3 N–H and O–H groups in total. The van der Waals surface area contributed by atoms with Crippen LogP contribution in [0.3, 0.4) is 0 Å². The van der Waals surface area contributed by atoms with Crippen LogP contribution in [0.4, 0.5) is 16.3 Å². The third kappa shape index (κ3) is 4.07. The third-order valence-electron chi connectivity index (χ3n) is 8.15. The van der Waals surface area contributed by atoms with Crippen molar-refractivity contribution in [3.63, 3.8) is 0 Å². The van der Waals surface area contributed by atoms with Gasteiger partial charge in [-0.2, -0.15) is 0 Å². The predicted octanol–water partition coefficient (Wildman–Crippen LogP) is 7.17. The molecule has 8 heteroatoms. The highest BCUT2D eigenvalue weighted by Crippen LogP contribution is 2.46. The van der Waals surface area contributed by atoms with Crippen LogP contribution >= 0.6 is 0 Å². The Bertz CT molecular complexity index is 1820. The third-order valence-corrected chi connectivity index (χ3v) is 8.15. The van der Waals surface area contributed by atoms with Crippen LogP contribution in [-0.2, 0) is 5.54 Å². The largest absolute Gasteiger partial charge is 0.465 e. The average Bonchev–Trinajstić information content (AvgIpc) is 3.29. The van der Waals surface area contributed by atoms with Gasteiger partial charge in [-0.15, -0.1) is 0 Å². The van der Waals surface area contributed by atoms with Gasteiger partial charge in [0.25, 0.3) is 0 Å². The van der Waals surface area contributed by atoms with E-state index in [4.69, 9.17) is 4.98 Å². The van der Waals surface area contributed by atoms with E-state index in [-0.39, 0.29) is 5.78 Å². The van der Waals surface area contributed by atoms with Crippen molar-refractivity contribution in [1.82, 2.24) is 19.9 Å². The summed E-state index contributed by atoms with van der Waals surface area (Å²) < 4.78 is 2.14. The Hall–Kier alpha value is -5.24. The maximum atomic E-state index is 12.0. The van der Waals surface area contributed by atoms with Crippen LogP contribution in [0.15, 0.2) is 91.1 Å². The molecule has 202 valence electrons. The lowest BCUT2D eigenvalue weighted by Crippen LogP contribution is -2.50. The van der Waals surface area contributed by atoms with Crippen LogP contribution in [0.25, 0.3) is 39.6 Å². The quantitative estimate of drug-likeness (QED) is 0.200. The summed E-state index contributed by atoms with van der Waals surface area (Å²) in [6, 6.07) is 27.6. The minimum Gasteiger partial charge on any atom is -0.465 e. The number of hydrogen-bond donors (Lipinski definition) is 3. The minimum atomic E-state index is -1.01. The first-order valence-electron chi connectivity index (χ1n) is 13.6. The lowest BCUT2D eigenvalue weighted by atomic mass is 9.71. The molecule has 0 radical (unpaired) electrons. The van der Waals surface area contributed by atoms with Gasteiger partial charge in [0.1, 0.15) is 5.82 Å². The zero-order chi connectivity index (χ0) is 28.1. The number of para-hydroxylation sites is 1. The number of anilines is 2. The number of benzene rings is 3. The van der Waals surface area contributed by atoms with Gasteiger partial charge in [-0.1, -0.05) is 60.7 Å². The molecule has 41 heavy (non-hydrogen) atoms. The lowest BCUT2D eigenvalue weighted by molar-refractivity contribution is 0.101. The molecule has 0 spiro atoms. The van der Waals surface area contributed by atoms with E-state index in [1.165, 1.54) is 0 Å². The van der Waals surface area contributed by atoms with Gasteiger partial charge < -0.3 is 15.7 Å². The molecule has 3 aromatic carbocycles. The molecule has 1 fully saturated rings. The smallest absolute Gasteiger partial charge is 0.405 e. The second kappa shape index (κ2) is 9.45. The molecule has 7 rings (SSSR count). The number of rotatable bonds is 5. The van der Waals surface area contributed by atoms with Crippen LogP contribution in [0, 0.1) is 0 Å². The molecule has 1 saturated carbocycles. The van der Waals surface area contributed by atoms with E-state index in [1.807, 2.05) is 84.9 Å². The van der Waals surface area contributed by atoms with E-state index in [2.05, 4.69) is 20.2 Å². The van der Waals surface area contributed by atoms with Crippen LogP contribution in [0.5, 0.6) is 0 Å². The highest BCUT2D eigenvalue weighted by Gasteiger charge is 2.40. The van der Waals surface area contributed by atoms with Crippen molar-refractivity contribution in [2.45, 2.75) is 31.7 Å². The van der Waals surface area contributed by atoms with Gasteiger partial charge in [0, 0.05) is 28.5 Å². The monoisotopic (exact) mass is 541 g/mol. The van der Waals surface area contributed by atoms with E-state index in [1.54, 1.807) is 13.1 Å². The summed E-state index contributed by atoms with van der Waals surface area (Å²) in [4.78, 5) is 33.4. The molecule has 5 aromatic rings. The van der Waals surface area contributed by atoms with Gasteiger partial charge >= 0.3 is 6.09 Å². The van der Waals surface area contributed by atoms with E-state index >= 15 is 0 Å². The van der Waals surface area contributed by atoms with Crippen LogP contribution in [-0.4, -0.2) is 31.5 Å². The molecule has 1 amide bonds. The lowest BCUT2D eigenvalue weighted by Gasteiger charge is -2.42. The fourth-order valence-electron chi connectivity index (χ4n) is 5.92. The van der Waals surface area contributed by atoms with Crippen molar-refractivity contribution in [2.24, 2.45) is 0 Å². The Kier molecular flexibility index (Phi) is 5.71. The molecule has 0 saturated heterocycles. The molecule has 1 aliphatic heterocycles. The Morgan fingerprint density at radius 3 is 2.34 bits per heavy atom. The van der Waals surface area contributed by atoms with E-state index in [9.17, 15) is 14.7 Å². The fraction of sp³-hybridized carbons (Fsp3) is 0.152. The normalized spacial score (nSPS) is 14.4. The molecule has 3 heterocycles. The highest BCUT2D eigenvalue weighted by atomic mass is 16.4. The number of Topliss-reactive ketones (excluding diaryl/α,β-unsaturated/α-hetero) is 1. The molecule has 0 unspecified atom stereocenters. The number of fused-ring (bicyclic) bond motifs is 5. The first-order valence-corrected chi connectivity index (χ1v) is 13.6. The summed E-state index contributed by atoms with van der Waals surface area (Å²) in [6.07, 6.45) is 3.28. The number of carboxylic acid groups (broad SMARTS) is 1. The van der Waals surface area contributed by atoms with Crippen molar-refractivity contribution >= 4 is 23.4 Å². The zero-order valence-electron chi connectivity index (χ0n) is 22.4. The van der Waals surface area contributed by atoms with Crippen LogP contribution in [0.2, 0.25) is 0 Å². The Morgan fingerprint density at radius 1 is 0.927 bits per heavy atom. The molecular weight excluding hydrogens is 514 g/mol. The van der Waals surface area contributed by atoms with E-state index < -0.39 is 11.6 Å². The zero-order valence-corrected chi connectivity index (χ0v) is 22.4. The first kappa shape index (κ1) is 24.8. The van der Waals surface area contributed by atoms with E-state index in [0.717, 1.165) is 70.1 Å². The summed E-state index contributed by atoms with van der Waals surface area (Å²) in [5.74, 6) is 1.49. The van der Waals surface area contributed by atoms with Gasteiger partial charge in [-0.25, -0.2) is 14.8 Å². The number of hydrogen-bond acceptors (Lipinski definition) is 5. The van der Waals surface area contributed by atoms with Crippen LogP contribution in [0.1, 0.15) is 42.1 Å². The summed E-state index contributed by atoms with van der Waals surface area (Å²) in [5.41, 5.74) is 7.21. The predicted molar refractivity (Wildman–Crippen MR) is 158 cm³/mol. The van der Waals surface area contributed by atoms with Gasteiger partial charge in [0.2, 0.25) is 0 Å². The molecule has 2 aromatic heterocycles. The summed E-state index contributed by atoms with van der Waals surface area (Å²) in [5, 5.41) is 15.7. The maximum absolute atomic E-state index is 12.0. The number of carbonyl (C=O) groups is 2. The second-order valence-electron chi connectivity index (χ2n) is 10.6. The molecule has 0 bridgehead atoms. The second-order valence-corrected chi connectivity index (χ2v) is 10.6. The number of aromatic nitrogens is 3. The Balaban J connectivity index is 1.47. The SMILES string of the molecule is CC(=O)c1ccc(-c2nc3n(c2-c2ccc(C4(NC(=O)O)CCC4)cc2)-c2cccnc2Nc2ccccc2-3)cc1. The molecule has 8 nitrogen and oxygen atoms in total. The highest BCUT2D eigenvalue weighted by molar-refractivity contribution is 5.95. The fourth-order valence-corrected chi connectivity index (χ4v) is 5.92. The Labute approximate surface area is 236 Å². The molecule has 2 aliphatic rings. The number of nitrogens with zero attached hydrogens (tertiary/aromatic N) is 3. The first-order chi connectivity index (χ1) is 19.9. The van der Waals surface area contributed by atoms with Crippen molar-refractivity contribution < 1.29 is 14.7 Å². The number of carbonyl (C=O) groups excluding carboxylic acids is 1. The Morgan fingerprint density at radius 2 is 1.66 bits per heavy atom. The summed E-state index contributed by atoms with van der Waals surface area (Å²) in [6.45, 7) is 1.56.